The van der Waals surface area contributed by atoms with E-state index in [1.54, 1.807) is 23.6 Å². The molecule has 0 amide bonds. The van der Waals surface area contributed by atoms with Crippen molar-refractivity contribution < 1.29 is 26.0 Å². The molecule has 190 valence electrons. The number of aromatic nitrogens is 4. The molecule has 3 aromatic heterocycles. The lowest BCUT2D eigenvalue weighted by Crippen LogP contribution is -2.34. The van der Waals surface area contributed by atoms with Gasteiger partial charge in [0.1, 0.15) is 23.0 Å². The van der Waals surface area contributed by atoms with Gasteiger partial charge < -0.3 is 11.1 Å². The van der Waals surface area contributed by atoms with Crippen LogP contribution in [0.3, 0.4) is 0 Å². The molecule has 13 heteroatoms. The first kappa shape index (κ1) is 24.2. The van der Waals surface area contributed by atoms with Crippen molar-refractivity contribution in [2.75, 3.05) is 22.6 Å². The number of imidazole rings is 1. The van der Waals surface area contributed by atoms with Crippen LogP contribution in [-0.4, -0.2) is 39.3 Å². The first-order valence-corrected chi connectivity index (χ1v) is 12.9. The summed E-state index contributed by atoms with van der Waals surface area (Å²) in [6.45, 7) is 1.63. The predicted octanol–water partition coefficient (Wildman–Crippen LogP) is 4.17. The lowest BCUT2D eigenvalue weighted by molar-refractivity contribution is -0.137. The van der Waals surface area contributed by atoms with E-state index in [2.05, 4.69) is 20.3 Å². The minimum atomic E-state index is -4.55. The van der Waals surface area contributed by atoms with Crippen molar-refractivity contribution in [1.29, 1.82) is 0 Å². The molecule has 0 atom stereocenters. The summed E-state index contributed by atoms with van der Waals surface area (Å²) in [5.41, 5.74) is 4.11. The third kappa shape index (κ3) is 4.43. The number of nitrogens with one attached hydrogen (secondary N) is 1. The number of anilines is 2. The van der Waals surface area contributed by atoms with Gasteiger partial charge in [-0.1, -0.05) is 0 Å². The molecule has 1 aromatic carbocycles. The third-order valence-electron chi connectivity index (χ3n) is 6.34. The van der Waals surface area contributed by atoms with Gasteiger partial charge in [-0.3, -0.25) is 4.40 Å². The molecule has 8 nitrogen and oxygen atoms in total. The van der Waals surface area contributed by atoms with Gasteiger partial charge in [0.25, 0.3) is 0 Å². The summed E-state index contributed by atoms with van der Waals surface area (Å²) in [6, 6.07) is 4.84. The fourth-order valence-electron chi connectivity index (χ4n) is 4.53. The van der Waals surface area contributed by atoms with E-state index in [4.69, 9.17) is 5.73 Å². The number of benzene rings is 1. The number of sulfone groups is 1. The fraction of sp³-hybridized carbons (Fsp3) is 0.348. The standard InChI is InChI=1S/C23H22F4N6O2S/c1-13-31-19(30-12-14-8-15(23(25,26)27)10-16(28)9-14)17-11-18(21-29-4-5-33(21)20(17)32-13)22(24)2-6-36(34,35)7-3-22/h4-5,8-11H,2-3,6-7,12,28H2,1H3,(H,30,31,32). The van der Waals surface area contributed by atoms with Crippen LogP contribution in [0.2, 0.25) is 0 Å². The number of nitrogens with zero attached hydrogens (tertiary/aromatic N) is 4. The molecular formula is C23H22F4N6O2S. The second-order valence-electron chi connectivity index (χ2n) is 8.97. The average Bonchev–Trinajstić information content (AvgIpc) is 3.28. The number of aryl methyl sites for hydroxylation is 1. The van der Waals surface area contributed by atoms with Crippen LogP contribution in [0.4, 0.5) is 29.1 Å². The van der Waals surface area contributed by atoms with Crippen LogP contribution in [0.1, 0.15) is 35.4 Å². The Kier molecular flexibility index (Phi) is 5.58. The lowest BCUT2D eigenvalue weighted by Gasteiger charge is -2.30. The topological polar surface area (TPSA) is 115 Å². The molecule has 4 heterocycles. The zero-order valence-corrected chi connectivity index (χ0v) is 19.9. The maximum absolute atomic E-state index is 16.1. The number of rotatable bonds is 4. The molecule has 0 radical (unpaired) electrons. The first-order chi connectivity index (χ1) is 16.8. The SMILES string of the molecule is Cc1nc(NCc2cc(N)cc(C(F)(F)F)c2)c2cc(C3(F)CCS(=O)(=O)CC3)c3nccn3c2n1. The van der Waals surface area contributed by atoms with Gasteiger partial charge >= 0.3 is 6.18 Å². The molecule has 36 heavy (non-hydrogen) atoms. The van der Waals surface area contributed by atoms with Gasteiger partial charge in [0.05, 0.1) is 22.5 Å². The normalized spacial score (nSPS) is 17.5. The number of hydrogen-bond donors (Lipinski definition) is 2. The number of nitrogen functional groups attached to an aromatic ring is 1. The Morgan fingerprint density at radius 3 is 2.53 bits per heavy atom. The molecule has 1 saturated heterocycles. The van der Waals surface area contributed by atoms with E-state index < -0.39 is 27.2 Å². The molecule has 0 spiro atoms. The minimum Gasteiger partial charge on any atom is -0.399 e. The summed E-state index contributed by atoms with van der Waals surface area (Å²) >= 11 is 0. The molecule has 1 fully saturated rings. The van der Waals surface area contributed by atoms with E-state index in [-0.39, 0.29) is 53.5 Å². The first-order valence-electron chi connectivity index (χ1n) is 11.1. The van der Waals surface area contributed by atoms with Crippen molar-refractivity contribution >= 4 is 38.0 Å². The quantitative estimate of drug-likeness (QED) is 0.305. The summed E-state index contributed by atoms with van der Waals surface area (Å²) in [4.78, 5) is 13.2. The number of fused-ring (bicyclic) bond motifs is 3. The van der Waals surface area contributed by atoms with E-state index in [9.17, 15) is 21.6 Å². The second kappa shape index (κ2) is 8.29. The summed E-state index contributed by atoms with van der Waals surface area (Å²) in [7, 11) is -3.31. The van der Waals surface area contributed by atoms with Crippen LogP contribution < -0.4 is 11.1 Å². The summed E-state index contributed by atoms with van der Waals surface area (Å²) in [5, 5.41) is 3.46. The van der Waals surface area contributed by atoms with E-state index in [0.717, 1.165) is 12.1 Å². The summed E-state index contributed by atoms with van der Waals surface area (Å²) < 4.78 is 81.2. The number of hydrogen-bond acceptors (Lipinski definition) is 7. The van der Waals surface area contributed by atoms with Crippen molar-refractivity contribution in [3.63, 3.8) is 0 Å². The number of halogens is 4. The highest BCUT2D eigenvalue weighted by atomic mass is 32.2. The van der Waals surface area contributed by atoms with Gasteiger partial charge in [0.15, 0.2) is 15.5 Å². The molecule has 0 unspecified atom stereocenters. The highest BCUT2D eigenvalue weighted by Crippen LogP contribution is 2.41. The smallest absolute Gasteiger partial charge is 0.399 e. The van der Waals surface area contributed by atoms with Gasteiger partial charge in [-0.2, -0.15) is 13.2 Å². The van der Waals surface area contributed by atoms with E-state index in [1.807, 2.05) is 0 Å². The third-order valence-corrected chi connectivity index (χ3v) is 7.99. The zero-order valence-electron chi connectivity index (χ0n) is 19.1. The van der Waals surface area contributed by atoms with Gasteiger partial charge in [-0.05, 0) is 49.6 Å². The predicted molar refractivity (Wildman–Crippen MR) is 127 cm³/mol. The summed E-state index contributed by atoms with van der Waals surface area (Å²) in [5.74, 6) is 0.120. The minimum absolute atomic E-state index is 0.0283. The Morgan fingerprint density at radius 2 is 1.83 bits per heavy atom. The van der Waals surface area contributed by atoms with E-state index in [0.29, 0.717) is 22.5 Å². The van der Waals surface area contributed by atoms with Crippen molar-refractivity contribution in [1.82, 2.24) is 19.4 Å². The Morgan fingerprint density at radius 1 is 1.11 bits per heavy atom. The molecule has 1 aliphatic rings. The molecule has 4 aromatic rings. The summed E-state index contributed by atoms with van der Waals surface area (Å²) in [6.07, 6.45) is -1.84. The maximum Gasteiger partial charge on any atom is 0.416 e. The molecule has 3 N–H and O–H groups in total. The average molecular weight is 523 g/mol. The second-order valence-corrected chi connectivity index (χ2v) is 11.3. The Hall–Kier alpha value is -3.48. The monoisotopic (exact) mass is 522 g/mol. The molecule has 1 aliphatic heterocycles. The van der Waals surface area contributed by atoms with Crippen LogP contribution in [-0.2, 0) is 28.2 Å². The van der Waals surface area contributed by atoms with Crippen LogP contribution in [0.5, 0.6) is 0 Å². The largest absolute Gasteiger partial charge is 0.416 e. The van der Waals surface area contributed by atoms with Gasteiger partial charge in [0.2, 0.25) is 0 Å². The fourth-order valence-corrected chi connectivity index (χ4v) is 6.00. The van der Waals surface area contributed by atoms with E-state index >= 15 is 4.39 Å². The van der Waals surface area contributed by atoms with Crippen molar-refractivity contribution in [2.45, 2.75) is 38.2 Å². The van der Waals surface area contributed by atoms with Crippen molar-refractivity contribution in [3.8, 4) is 0 Å². The van der Waals surface area contributed by atoms with Gasteiger partial charge in [-0.25, -0.2) is 27.8 Å². The lowest BCUT2D eigenvalue weighted by atomic mass is 9.90. The van der Waals surface area contributed by atoms with Crippen molar-refractivity contribution in [3.05, 3.63) is 59.2 Å². The van der Waals surface area contributed by atoms with Crippen LogP contribution in [0.15, 0.2) is 36.7 Å². The van der Waals surface area contributed by atoms with Gasteiger partial charge in [0, 0.05) is 30.2 Å². The van der Waals surface area contributed by atoms with Gasteiger partial charge in [-0.15, -0.1) is 0 Å². The molecule has 0 bridgehead atoms. The highest BCUT2D eigenvalue weighted by molar-refractivity contribution is 7.91. The number of nitrogens with two attached hydrogens (primary N) is 1. The number of alkyl halides is 4. The Balaban J connectivity index is 1.59. The molecule has 5 rings (SSSR count). The van der Waals surface area contributed by atoms with E-state index in [1.165, 1.54) is 12.3 Å². The zero-order chi connectivity index (χ0) is 25.9. The molecule has 0 aliphatic carbocycles. The molecular weight excluding hydrogens is 500 g/mol. The number of pyridine rings is 1. The van der Waals surface area contributed by atoms with Crippen LogP contribution >= 0.6 is 0 Å². The van der Waals surface area contributed by atoms with Crippen molar-refractivity contribution in [2.24, 2.45) is 0 Å². The maximum atomic E-state index is 16.1. The highest BCUT2D eigenvalue weighted by Gasteiger charge is 2.41. The Bertz CT molecular complexity index is 1590. The molecule has 0 saturated carbocycles. The van der Waals surface area contributed by atoms with Crippen LogP contribution in [0.25, 0.3) is 16.7 Å². The van der Waals surface area contributed by atoms with Crippen LogP contribution in [0, 0.1) is 6.92 Å². The Labute approximate surface area is 203 Å².